The van der Waals surface area contributed by atoms with Crippen LogP contribution in [0.25, 0.3) is 0 Å². The predicted molar refractivity (Wildman–Crippen MR) is 114 cm³/mol. The van der Waals surface area contributed by atoms with Gasteiger partial charge in [0.15, 0.2) is 5.82 Å². The second-order valence-corrected chi connectivity index (χ2v) is 8.19. The predicted octanol–water partition coefficient (Wildman–Crippen LogP) is 3.87. The maximum atomic E-state index is 9.46. The first-order valence-electron chi connectivity index (χ1n) is 9.97. The molecular weight excluding hydrogens is 362 g/mol. The Morgan fingerprint density at radius 3 is 2.24 bits per heavy atom. The van der Waals surface area contributed by atoms with Crippen LogP contribution in [0.2, 0.25) is 0 Å². The van der Waals surface area contributed by atoms with Crippen LogP contribution in [0.1, 0.15) is 36.4 Å². The average Bonchev–Trinajstić information content (AvgIpc) is 2.71. The molecule has 29 heavy (non-hydrogen) atoms. The fourth-order valence-corrected chi connectivity index (χ4v) is 3.53. The number of aryl methyl sites for hydroxylation is 1. The molecule has 0 amide bonds. The summed E-state index contributed by atoms with van der Waals surface area (Å²) in [6, 6.07) is 18.8. The largest absolute Gasteiger partial charge is 0.486 e. The lowest BCUT2D eigenvalue weighted by molar-refractivity contribution is 0.141. The van der Waals surface area contributed by atoms with E-state index >= 15 is 0 Å². The van der Waals surface area contributed by atoms with E-state index in [4.69, 9.17) is 4.74 Å². The van der Waals surface area contributed by atoms with Crippen molar-refractivity contribution in [1.29, 1.82) is 0 Å². The number of hydrogen-bond acceptors (Lipinski definition) is 5. The minimum atomic E-state index is -0.257. The van der Waals surface area contributed by atoms with Crippen molar-refractivity contribution in [3.63, 3.8) is 0 Å². The van der Waals surface area contributed by atoms with Crippen molar-refractivity contribution in [1.82, 2.24) is 9.97 Å². The Kier molecular flexibility index (Phi) is 5.24. The van der Waals surface area contributed by atoms with Gasteiger partial charge in [0.1, 0.15) is 18.2 Å². The van der Waals surface area contributed by atoms with Gasteiger partial charge in [-0.3, -0.25) is 0 Å². The van der Waals surface area contributed by atoms with Crippen molar-refractivity contribution in [2.45, 2.75) is 38.9 Å². The third-order valence-corrected chi connectivity index (χ3v) is 5.59. The maximum absolute atomic E-state index is 9.46. The molecule has 0 aliphatic carbocycles. The molecule has 5 heteroatoms. The van der Waals surface area contributed by atoms with E-state index in [0.29, 0.717) is 25.5 Å². The first kappa shape index (κ1) is 19.4. The van der Waals surface area contributed by atoms with Gasteiger partial charge in [-0.05, 0) is 36.2 Å². The molecule has 1 saturated heterocycles. The fourth-order valence-electron chi connectivity index (χ4n) is 3.53. The third-order valence-electron chi connectivity index (χ3n) is 5.59. The van der Waals surface area contributed by atoms with Crippen LogP contribution in [0.4, 0.5) is 5.82 Å². The van der Waals surface area contributed by atoms with Crippen molar-refractivity contribution in [3.8, 4) is 5.75 Å². The zero-order chi connectivity index (χ0) is 20.4. The molecule has 2 heterocycles. The van der Waals surface area contributed by atoms with Crippen molar-refractivity contribution in [3.05, 3.63) is 83.3 Å². The molecule has 0 radical (unpaired) electrons. The van der Waals surface area contributed by atoms with Crippen LogP contribution >= 0.6 is 0 Å². The molecule has 3 aromatic rings. The molecule has 1 fully saturated rings. The molecule has 2 aromatic carbocycles. The van der Waals surface area contributed by atoms with E-state index in [1.807, 2.05) is 23.1 Å². The Labute approximate surface area is 172 Å². The molecule has 1 N–H and O–H groups in total. The summed E-state index contributed by atoms with van der Waals surface area (Å²) in [5, 5.41) is 9.46. The number of anilines is 1. The van der Waals surface area contributed by atoms with E-state index in [1.165, 1.54) is 16.7 Å². The molecule has 1 aliphatic heterocycles. The summed E-state index contributed by atoms with van der Waals surface area (Å²) < 4.78 is 5.90. The normalized spacial score (nSPS) is 14.6. The highest BCUT2D eigenvalue weighted by molar-refractivity contribution is 5.42. The molecule has 0 unspecified atom stereocenters. The van der Waals surface area contributed by atoms with Crippen molar-refractivity contribution in [2.75, 3.05) is 18.0 Å². The number of aromatic nitrogens is 2. The maximum Gasteiger partial charge on any atom is 0.168 e. The number of ether oxygens (including phenoxy) is 1. The zero-order valence-corrected chi connectivity index (χ0v) is 17.2. The van der Waals surface area contributed by atoms with Gasteiger partial charge in [0, 0.05) is 24.7 Å². The monoisotopic (exact) mass is 389 g/mol. The zero-order valence-electron chi connectivity index (χ0n) is 17.2. The summed E-state index contributed by atoms with van der Waals surface area (Å²) in [7, 11) is 0. The van der Waals surface area contributed by atoms with Crippen molar-refractivity contribution in [2.24, 2.45) is 0 Å². The van der Waals surface area contributed by atoms with Gasteiger partial charge in [0.25, 0.3) is 0 Å². The van der Waals surface area contributed by atoms with Gasteiger partial charge >= 0.3 is 0 Å². The second kappa shape index (κ2) is 7.84. The molecule has 1 aromatic heterocycles. The number of nitrogens with zero attached hydrogens (tertiary/aromatic N) is 3. The Bertz CT molecular complexity index is 962. The van der Waals surface area contributed by atoms with Crippen LogP contribution in [0, 0.1) is 6.92 Å². The van der Waals surface area contributed by atoms with Crippen molar-refractivity contribution >= 4 is 5.82 Å². The molecule has 0 atom stereocenters. The minimum absolute atomic E-state index is 0.0779. The molecular formula is C24H27N3O2. The molecule has 0 saturated carbocycles. The van der Waals surface area contributed by atoms with Crippen LogP contribution in [0.3, 0.4) is 0 Å². The minimum Gasteiger partial charge on any atom is -0.486 e. The lowest BCUT2D eigenvalue weighted by Crippen LogP contribution is -2.51. The quantitative estimate of drug-likeness (QED) is 0.694. The van der Waals surface area contributed by atoms with Gasteiger partial charge in [0.05, 0.1) is 6.10 Å². The van der Waals surface area contributed by atoms with Crippen LogP contribution in [0.15, 0.2) is 60.8 Å². The van der Waals surface area contributed by atoms with Crippen LogP contribution in [0.5, 0.6) is 5.75 Å². The molecule has 1 aliphatic rings. The molecule has 0 spiro atoms. The van der Waals surface area contributed by atoms with Crippen LogP contribution in [-0.4, -0.2) is 34.3 Å². The number of benzene rings is 2. The fraction of sp³-hybridized carbons (Fsp3) is 0.333. The number of aliphatic hydroxyl groups is 1. The SMILES string of the molecule is Cc1ccc(C(C)(C)c2ccc(OCc3nccc(N4CC(O)C4)n3)cc2)cc1. The van der Waals surface area contributed by atoms with Gasteiger partial charge in [-0.1, -0.05) is 55.8 Å². The summed E-state index contributed by atoms with van der Waals surface area (Å²) in [5.74, 6) is 2.26. The molecule has 4 rings (SSSR count). The first-order valence-corrected chi connectivity index (χ1v) is 9.97. The second-order valence-electron chi connectivity index (χ2n) is 8.19. The van der Waals surface area contributed by atoms with E-state index in [9.17, 15) is 5.11 Å². The lowest BCUT2D eigenvalue weighted by atomic mass is 9.78. The van der Waals surface area contributed by atoms with E-state index in [1.54, 1.807) is 6.20 Å². The van der Waals surface area contributed by atoms with Gasteiger partial charge in [-0.25, -0.2) is 9.97 Å². The Morgan fingerprint density at radius 1 is 1.00 bits per heavy atom. The Balaban J connectivity index is 1.41. The van der Waals surface area contributed by atoms with Gasteiger partial charge in [0.2, 0.25) is 0 Å². The van der Waals surface area contributed by atoms with Crippen LogP contribution < -0.4 is 9.64 Å². The third kappa shape index (κ3) is 4.25. The number of β-amino-alcohol motifs (C(OH)–C–C–N with tert-alkyl or cyclic N) is 1. The molecule has 5 nitrogen and oxygen atoms in total. The van der Waals surface area contributed by atoms with E-state index < -0.39 is 0 Å². The number of rotatable bonds is 6. The summed E-state index contributed by atoms with van der Waals surface area (Å²) in [5.41, 5.74) is 3.72. The number of aliphatic hydroxyl groups excluding tert-OH is 1. The molecule has 0 bridgehead atoms. The van der Waals surface area contributed by atoms with Gasteiger partial charge < -0.3 is 14.7 Å². The van der Waals surface area contributed by atoms with E-state index in [0.717, 1.165) is 11.6 Å². The highest BCUT2D eigenvalue weighted by atomic mass is 16.5. The first-order chi connectivity index (χ1) is 13.9. The van der Waals surface area contributed by atoms with Crippen LogP contribution in [-0.2, 0) is 12.0 Å². The number of hydrogen-bond donors (Lipinski definition) is 1. The van der Waals surface area contributed by atoms with E-state index in [2.05, 4.69) is 67.1 Å². The van der Waals surface area contributed by atoms with Crippen molar-refractivity contribution < 1.29 is 9.84 Å². The van der Waals surface area contributed by atoms with Gasteiger partial charge in [-0.15, -0.1) is 0 Å². The average molecular weight is 389 g/mol. The van der Waals surface area contributed by atoms with E-state index in [-0.39, 0.29) is 11.5 Å². The smallest absolute Gasteiger partial charge is 0.168 e. The van der Waals surface area contributed by atoms with Gasteiger partial charge in [-0.2, -0.15) is 0 Å². The summed E-state index contributed by atoms with van der Waals surface area (Å²) in [4.78, 5) is 10.8. The summed E-state index contributed by atoms with van der Waals surface area (Å²) in [6.07, 6.45) is 1.48. The summed E-state index contributed by atoms with van der Waals surface area (Å²) in [6.45, 7) is 8.13. The highest BCUT2D eigenvalue weighted by Crippen LogP contribution is 2.32. The standard InChI is InChI=1S/C24H27N3O2/c1-17-4-6-18(7-5-17)24(2,3)19-8-10-21(11-9-19)29-16-22-25-13-12-23(26-22)27-14-20(28)15-27/h4-13,20,28H,14-16H2,1-3H3. The Morgan fingerprint density at radius 2 is 1.62 bits per heavy atom. The highest BCUT2D eigenvalue weighted by Gasteiger charge is 2.26. The Hall–Kier alpha value is -2.92. The topological polar surface area (TPSA) is 58.5 Å². The molecule has 150 valence electrons. The lowest BCUT2D eigenvalue weighted by Gasteiger charge is -2.36. The summed E-state index contributed by atoms with van der Waals surface area (Å²) >= 11 is 0.